The summed E-state index contributed by atoms with van der Waals surface area (Å²) in [5.74, 6) is 0.813. The molecule has 1 aliphatic rings. The number of H-pyrrole nitrogens is 1. The van der Waals surface area contributed by atoms with Crippen LogP contribution in [0.2, 0.25) is 0 Å². The molecule has 0 bridgehead atoms. The summed E-state index contributed by atoms with van der Waals surface area (Å²) < 4.78 is 5.52. The lowest BCUT2D eigenvalue weighted by molar-refractivity contribution is 0.0946. The van der Waals surface area contributed by atoms with Crippen LogP contribution in [0.1, 0.15) is 28.2 Å². The zero-order chi connectivity index (χ0) is 17.1. The Bertz CT molecular complexity index is 715. The molecule has 1 amide bonds. The maximum atomic E-state index is 12.3. The first-order valence-electron chi connectivity index (χ1n) is 8.08. The zero-order valence-corrected chi connectivity index (χ0v) is 14.2. The molecule has 0 radical (unpaired) electrons. The number of rotatable bonds is 5. The molecule has 2 N–H and O–H groups in total. The maximum Gasteiger partial charge on any atom is 0.253 e. The maximum absolute atomic E-state index is 12.3. The number of nitrogens with zero attached hydrogens (tertiary/aromatic N) is 3. The first-order chi connectivity index (χ1) is 11.6. The average molecular weight is 329 g/mol. The van der Waals surface area contributed by atoms with Gasteiger partial charge < -0.3 is 19.9 Å². The van der Waals surface area contributed by atoms with Gasteiger partial charge in [0.2, 0.25) is 0 Å². The van der Waals surface area contributed by atoms with Crippen LogP contribution in [-0.4, -0.2) is 53.2 Å². The van der Waals surface area contributed by atoms with Crippen molar-refractivity contribution in [3.8, 4) is 0 Å². The van der Waals surface area contributed by atoms with Crippen LogP contribution >= 0.6 is 0 Å². The monoisotopic (exact) mass is 329 g/mol. The van der Waals surface area contributed by atoms with Crippen molar-refractivity contribution in [2.24, 2.45) is 0 Å². The molecule has 1 saturated heterocycles. The van der Waals surface area contributed by atoms with Crippen LogP contribution in [0.4, 0.5) is 5.82 Å². The lowest BCUT2D eigenvalue weighted by Crippen LogP contribution is -2.40. The van der Waals surface area contributed by atoms with Gasteiger partial charge in [-0.05, 0) is 26.3 Å². The van der Waals surface area contributed by atoms with Crippen molar-refractivity contribution in [1.29, 1.82) is 0 Å². The number of nitrogens with one attached hydrogen (secondary N) is 2. The van der Waals surface area contributed by atoms with Gasteiger partial charge in [0.05, 0.1) is 17.7 Å². The smallest absolute Gasteiger partial charge is 0.253 e. The first kappa shape index (κ1) is 16.4. The van der Waals surface area contributed by atoms with E-state index >= 15 is 0 Å². The molecule has 0 aromatic carbocycles. The van der Waals surface area contributed by atoms with E-state index in [0.29, 0.717) is 12.1 Å². The average Bonchev–Trinajstić information content (AvgIpc) is 3.18. The van der Waals surface area contributed by atoms with Crippen LogP contribution in [0.25, 0.3) is 0 Å². The number of aromatic amines is 1. The summed E-state index contributed by atoms with van der Waals surface area (Å²) in [5, 5.41) is 3.03. The normalized spacial score (nSPS) is 20.4. The highest BCUT2D eigenvalue weighted by Crippen LogP contribution is 2.25. The molecule has 1 aliphatic heterocycles. The lowest BCUT2D eigenvalue weighted by Gasteiger charge is -2.25. The van der Waals surface area contributed by atoms with E-state index in [1.807, 2.05) is 19.9 Å². The number of aromatic nitrogens is 3. The molecule has 7 nitrogen and oxygen atoms in total. The van der Waals surface area contributed by atoms with E-state index in [1.54, 1.807) is 25.7 Å². The third kappa shape index (κ3) is 3.41. The topological polar surface area (TPSA) is 83.1 Å². The minimum absolute atomic E-state index is 0.0616. The second kappa shape index (κ2) is 7.00. The number of methoxy groups -OCH3 is 1. The molecule has 3 heterocycles. The molecule has 2 atom stereocenters. The first-order valence-corrected chi connectivity index (χ1v) is 8.08. The van der Waals surface area contributed by atoms with Gasteiger partial charge in [0.1, 0.15) is 12.1 Å². The van der Waals surface area contributed by atoms with E-state index in [2.05, 4.69) is 25.2 Å². The predicted molar refractivity (Wildman–Crippen MR) is 91.2 cm³/mol. The Kier molecular flexibility index (Phi) is 4.80. The van der Waals surface area contributed by atoms with Crippen molar-refractivity contribution >= 4 is 11.7 Å². The van der Waals surface area contributed by atoms with Gasteiger partial charge in [-0.3, -0.25) is 4.79 Å². The van der Waals surface area contributed by atoms with Crippen LogP contribution in [0.15, 0.2) is 24.7 Å². The molecule has 24 heavy (non-hydrogen) atoms. The van der Waals surface area contributed by atoms with E-state index in [0.717, 1.165) is 30.2 Å². The van der Waals surface area contributed by atoms with Crippen LogP contribution in [0, 0.1) is 13.8 Å². The highest BCUT2D eigenvalue weighted by atomic mass is 16.5. The second-order valence-electron chi connectivity index (χ2n) is 6.14. The van der Waals surface area contributed by atoms with Crippen molar-refractivity contribution in [3.63, 3.8) is 0 Å². The van der Waals surface area contributed by atoms with Gasteiger partial charge >= 0.3 is 0 Å². The molecule has 1 fully saturated rings. The van der Waals surface area contributed by atoms with Crippen molar-refractivity contribution in [1.82, 2.24) is 20.3 Å². The molecule has 0 unspecified atom stereocenters. The van der Waals surface area contributed by atoms with E-state index < -0.39 is 0 Å². The number of carbonyl (C=O) groups is 1. The Morgan fingerprint density at radius 2 is 2.29 bits per heavy atom. The summed E-state index contributed by atoms with van der Waals surface area (Å²) in [5.41, 5.74) is 2.48. The molecule has 3 rings (SSSR count). The highest BCUT2D eigenvalue weighted by molar-refractivity contribution is 5.95. The minimum atomic E-state index is -0.0616. The number of anilines is 1. The summed E-state index contributed by atoms with van der Waals surface area (Å²) in [6, 6.07) is 3.90. The van der Waals surface area contributed by atoms with Crippen molar-refractivity contribution in [2.45, 2.75) is 32.4 Å². The SMILES string of the molecule is CO[C@H]1C[C@@H](CNC(=O)c2cc[nH]c2C)N(c2cc(C)ncn2)C1. The Hall–Kier alpha value is -2.41. The lowest BCUT2D eigenvalue weighted by atomic mass is 10.2. The van der Waals surface area contributed by atoms with Crippen LogP contribution in [-0.2, 0) is 4.74 Å². The Morgan fingerprint density at radius 1 is 1.46 bits per heavy atom. The zero-order valence-electron chi connectivity index (χ0n) is 14.2. The Morgan fingerprint density at radius 3 is 2.96 bits per heavy atom. The van der Waals surface area contributed by atoms with Crippen molar-refractivity contribution < 1.29 is 9.53 Å². The summed E-state index contributed by atoms with van der Waals surface area (Å²) in [6.07, 6.45) is 4.34. The fourth-order valence-corrected chi connectivity index (χ4v) is 3.12. The Balaban J connectivity index is 1.70. The molecular formula is C17H23N5O2. The van der Waals surface area contributed by atoms with Gasteiger partial charge in [-0.1, -0.05) is 0 Å². The quantitative estimate of drug-likeness (QED) is 0.867. The number of carbonyl (C=O) groups excluding carboxylic acids is 1. The van der Waals surface area contributed by atoms with Crippen molar-refractivity contribution in [3.05, 3.63) is 41.6 Å². The number of hydrogen-bond acceptors (Lipinski definition) is 5. The van der Waals surface area contributed by atoms with E-state index in [4.69, 9.17) is 4.74 Å². The molecule has 128 valence electrons. The van der Waals surface area contributed by atoms with Crippen LogP contribution in [0.5, 0.6) is 0 Å². The van der Waals surface area contributed by atoms with E-state index in [-0.39, 0.29) is 18.1 Å². The highest BCUT2D eigenvalue weighted by Gasteiger charge is 2.33. The van der Waals surface area contributed by atoms with Gasteiger partial charge in [-0.2, -0.15) is 0 Å². The molecule has 2 aromatic rings. The van der Waals surface area contributed by atoms with Gasteiger partial charge in [-0.15, -0.1) is 0 Å². The molecule has 0 saturated carbocycles. The largest absolute Gasteiger partial charge is 0.380 e. The molecule has 7 heteroatoms. The van der Waals surface area contributed by atoms with Gasteiger partial charge in [-0.25, -0.2) is 9.97 Å². The van der Waals surface area contributed by atoms with Crippen LogP contribution < -0.4 is 10.2 Å². The number of ether oxygens (including phenoxy) is 1. The van der Waals surface area contributed by atoms with E-state index in [9.17, 15) is 4.79 Å². The summed E-state index contributed by atoms with van der Waals surface area (Å²) >= 11 is 0. The number of aryl methyl sites for hydroxylation is 2. The Labute approximate surface area is 141 Å². The van der Waals surface area contributed by atoms with Crippen molar-refractivity contribution in [2.75, 3.05) is 25.1 Å². The number of amides is 1. The molecular weight excluding hydrogens is 306 g/mol. The molecule has 2 aromatic heterocycles. The summed E-state index contributed by atoms with van der Waals surface area (Å²) in [4.78, 5) is 26.1. The van der Waals surface area contributed by atoms with Gasteiger partial charge in [0, 0.05) is 43.9 Å². The third-order valence-corrected chi connectivity index (χ3v) is 4.49. The predicted octanol–water partition coefficient (Wildman–Crippen LogP) is 1.45. The summed E-state index contributed by atoms with van der Waals surface area (Å²) in [6.45, 7) is 5.14. The van der Waals surface area contributed by atoms with E-state index in [1.165, 1.54) is 0 Å². The standard InChI is InChI=1S/C17H23N5O2/c1-11-6-16(21-10-20-11)22-9-14(24-3)7-13(22)8-19-17(23)15-4-5-18-12(15)2/h4-6,10,13-14,18H,7-9H2,1-3H3,(H,19,23)/t13-,14-/m0/s1. The second-order valence-corrected chi connectivity index (χ2v) is 6.14. The van der Waals surface area contributed by atoms with Gasteiger partial charge in [0.15, 0.2) is 0 Å². The van der Waals surface area contributed by atoms with Gasteiger partial charge in [0.25, 0.3) is 5.91 Å². The molecule has 0 spiro atoms. The molecule has 0 aliphatic carbocycles. The third-order valence-electron chi connectivity index (χ3n) is 4.49. The minimum Gasteiger partial charge on any atom is -0.380 e. The fraction of sp³-hybridized carbons (Fsp3) is 0.471. The van der Waals surface area contributed by atoms with Crippen LogP contribution in [0.3, 0.4) is 0 Å². The summed E-state index contributed by atoms with van der Waals surface area (Å²) in [7, 11) is 1.72. The fourth-order valence-electron chi connectivity index (χ4n) is 3.12. The number of hydrogen-bond donors (Lipinski definition) is 2.